The lowest BCUT2D eigenvalue weighted by Crippen LogP contribution is -2.36. The molecule has 0 N–H and O–H groups in total. The number of nitrogens with zero attached hydrogens (tertiary/aromatic N) is 3. The molecule has 0 spiro atoms. The first kappa shape index (κ1) is 17.5. The van der Waals surface area contributed by atoms with Gasteiger partial charge in [0.2, 0.25) is 0 Å². The number of morpholine rings is 1. The van der Waals surface area contributed by atoms with Crippen molar-refractivity contribution in [2.45, 2.75) is 6.42 Å². The Morgan fingerprint density at radius 3 is 2.67 bits per heavy atom. The molecule has 2 aliphatic heterocycles. The van der Waals surface area contributed by atoms with Crippen LogP contribution in [0.3, 0.4) is 0 Å². The van der Waals surface area contributed by atoms with Gasteiger partial charge in [-0.1, -0.05) is 35.5 Å². The Labute approximate surface area is 159 Å². The summed E-state index contributed by atoms with van der Waals surface area (Å²) in [6, 6.07) is 16.1. The summed E-state index contributed by atoms with van der Waals surface area (Å²) in [6.07, 6.45) is 2.52. The summed E-state index contributed by atoms with van der Waals surface area (Å²) >= 11 is 0. The Bertz CT molecular complexity index is 814. The Morgan fingerprint density at radius 2 is 1.85 bits per heavy atom. The number of hydrogen-bond donors (Lipinski definition) is 0. The second-order valence-electron chi connectivity index (χ2n) is 6.62. The molecule has 0 radical (unpaired) electrons. The van der Waals surface area contributed by atoms with Crippen LogP contribution >= 0.6 is 0 Å². The number of rotatable bonds is 5. The zero-order valence-electron chi connectivity index (χ0n) is 15.2. The highest BCUT2D eigenvalue weighted by atomic mass is 16.6. The minimum atomic E-state index is -0.0697. The first-order chi connectivity index (χ1) is 13.3. The molecule has 0 unspecified atom stereocenters. The van der Waals surface area contributed by atoms with Gasteiger partial charge in [-0.2, -0.15) is 0 Å². The van der Waals surface area contributed by atoms with E-state index in [0.717, 1.165) is 44.0 Å². The van der Waals surface area contributed by atoms with Gasteiger partial charge in [0.25, 0.3) is 5.91 Å². The molecule has 0 aromatic heterocycles. The molecule has 0 atom stereocenters. The van der Waals surface area contributed by atoms with Gasteiger partial charge in [-0.25, -0.2) is 0 Å². The molecule has 2 aliphatic rings. The summed E-state index contributed by atoms with van der Waals surface area (Å²) in [5.41, 5.74) is 4.30. The van der Waals surface area contributed by atoms with Crippen LogP contribution in [0, 0.1) is 0 Å². The standard InChI is InChI=1S/C21H23N3O3/c25-21(24-10-9-18-3-1-2-4-20(18)24)16-27-22-15-17-5-7-19(8-6-17)23-11-13-26-14-12-23/h1-8,15H,9-14,16H2. The van der Waals surface area contributed by atoms with Crippen LogP contribution in [0.25, 0.3) is 0 Å². The summed E-state index contributed by atoms with van der Waals surface area (Å²) in [5.74, 6) is -0.0697. The normalized spacial score (nSPS) is 16.6. The van der Waals surface area contributed by atoms with E-state index in [4.69, 9.17) is 9.57 Å². The second kappa shape index (κ2) is 8.22. The molecule has 2 heterocycles. The van der Waals surface area contributed by atoms with Crippen LogP contribution in [0.2, 0.25) is 0 Å². The summed E-state index contributed by atoms with van der Waals surface area (Å²) in [5, 5.41) is 3.95. The number of hydrogen-bond acceptors (Lipinski definition) is 5. The Hall–Kier alpha value is -2.86. The average Bonchev–Trinajstić information content (AvgIpc) is 3.16. The maximum atomic E-state index is 12.4. The minimum Gasteiger partial charge on any atom is -0.386 e. The quantitative estimate of drug-likeness (QED) is 0.603. The molecule has 140 valence electrons. The van der Waals surface area contributed by atoms with Gasteiger partial charge in [0.05, 0.1) is 19.4 Å². The van der Waals surface area contributed by atoms with Gasteiger partial charge in [-0.3, -0.25) is 4.79 Å². The molecule has 1 fully saturated rings. The van der Waals surface area contributed by atoms with E-state index in [1.165, 1.54) is 11.3 Å². The van der Waals surface area contributed by atoms with Gasteiger partial charge in [-0.15, -0.1) is 0 Å². The van der Waals surface area contributed by atoms with Crippen molar-refractivity contribution in [1.82, 2.24) is 0 Å². The van der Waals surface area contributed by atoms with Gasteiger partial charge in [-0.05, 0) is 35.7 Å². The Kier molecular flexibility index (Phi) is 5.34. The third-order valence-electron chi connectivity index (χ3n) is 4.92. The molecule has 0 saturated carbocycles. The summed E-state index contributed by atoms with van der Waals surface area (Å²) < 4.78 is 5.38. The molecule has 4 rings (SSSR count). The summed E-state index contributed by atoms with van der Waals surface area (Å²) in [4.78, 5) is 21.6. The number of benzene rings is 2. The minimum absolute atomic E-state index is 0.0588. The van der Waals surface area contributed by atoms with Crippen molar-refractivity contribution in [3.63, 3.8) is 0 Å². The van der Waals surface area contributed by atoms with Crippen molar-refractivity contribution in [3.8, 4) is 0 Å². The number of amides is 1. The number of anilines is 2. The van der Waals surface area contributed by atoms with Crippen LogP contribution in [-0.2, 0) is 20.8 Å². The zero-order chi connectivity index (χ0) is 18.5. The van der Waals surface area contributed by atoms with Gasteiger partial charge in [0.1, 0.15) is 0 Å². The fourth-order valence-corrected chi connectivity index (χ4v) is 3.46. The van der Waals surface area contributed by atoms with E-state index in [9.17, 15) is 4.79 Å². The Morgan fingerprint density at radius 1 is 1.07 bits per heavy atom. The lowest BCUT2D eigenvalue weighted by molar-refractivity contribution is -0.122. The van der Waals surface area contributed by atoms with Crippen LogP contribution < -0.4 is 9.80 Å². The lowest BCUT2D eigenvalue weighted by atomic mass is 10.2. The van der Waals surface area contributed by atoms with Crippen LogP contribution in [0.5, 0.6) is 0 Å². The van der Waals surface area contributed by atoms with E-state index in [1.54, 1.807) is 11.1 Å². The molecule has 0 aliphatic carbocycles. The van der Waals surface area contributed by atoms with Crippen LogP contribution in [0.4, 0.5) is 11.4 Å². The summed E-state index contributed by atoms with van der Waals surface area (Å²) in [6.45, 7) is 4.01. The summed E-state index contributed by atoms with van der Waals surface area (Å²) in [7, 11) is 0. The largest absolute Gasteiger partial charge is 0.386 e. The third kappa shape index (κ3) is 4.11. The van der Waals surface area contributed by atoms with E-state index in [2.05, 4.69) is 28.3 Å². The molecular formula is C21H23N3O3. The van der Waals surface area contributed by atoms with Crippen LogP contribution in [0.1, 0.15) is 11.1 Å². The van der Waals surface area contributed by atoms with Gasteiger partial charge in [0, 0.05) is 31.0 Å². The first-order valence-corrected chi connectivity index (χ1v) is 9.27. The maximum absolute atomic E-state index is 12.4. The van der Waals surface area contributed by atoms with Crippen LogP contribution in [-0.4, -0.2) is 51.6 Å². The average molecular weight is 365 g/mol. The molecular weight excluding hydrogens is 342 g/mol. The van der Waals surface area contributed by atoms with Gasteiger partial charge < -0.3 is 19.4 Å². The predicted octanol–water partition coefficient (Wildman–Crippen LogP) is 2.46. The SMILES string of the molecule is O=C(CON=Cc1ccc(N2CCOCC2)cc1)N1CCc2ccccc21. The van der Waals surface area contributed by atoms with Crippen LogP contribution in [0.15, 0.2) is 53.7 Å². The Balaban J connectivity index is 1.28. The number of carbonyl (C=O) groups excluding carboxylic acids is 1. The molecule has 1 amide bonds. The van der Waals surface area contributed by atoms with Crippen molar-refractivity contribution in [2.24, 2.45) is 5.16 Å². The van der Waals surface area contributed by atoms with E-state index in [0.29, 0.717) is 6.54 Å². The molecule has 6 nitrogen and oxygen atoms in total. The van der Waals surface area contributed by atoms with E-state index in [-0.39, 0.29) is 12.5 Å². The van der Waals surface area contributed by atoms with Crippen molar-refractivity contribution in [1.29, 1.82) is 0 Å². The fraction of sp³-hybridized carbons (Fsp3) is 0.333. The van der Waals surface area contributed by atoms with Crippen molar-refractivity contribution in [3.05, 3.63) is 59.7 Å². The first-order valence-electron chi connectivity index (χ1n) is 9.27. The number of oxime groups is 1. The van der Waals surface area contributed by atoms with Gasteiger partial charge >= 0.3 is 0 Å². The van der Waals surface area contributed by atoms with Crippen molar-refractivity contribution < 1.29 is 14.4 Å². The molecule has 2 aromatic carbocycles. The molecule has 0 bridgehead atoms. The van der Waals surface area contributed by atoms with E-state index >= 15 is 0 Å². The number of para-hydroxylation sites is 1. The number of ether oxygens (including phenoxy) is 1. The third-order valence-corrected chi connectivity index (χ3v) is 4.92. The smallest absolute Gasteiger partial charge is 0.267 e. The highest BCUT2D eigenvalue weighted by molar-refractivity contribution is 5.96. The number of carbonyl (C=O) groups is 1. The monoisotopic (exact) mass is 365 g/mol. The zero-order valence-corrected chi connectivity index (χ0v) is 15.2. The predicted molar refractivity (Wildman–Crippen MR) is 106 cm³/mol. The second-order valence-corrected chi connectivity index (χ2v) is 6.62. The number of fused-ring (bicyclic) bond motifs is 1. The highest BCUT2D eigenvalue weighted by Gasteiger charge is 2.24. The topological polar surface area (TPSA) is 54.4 Å². The molecule has 2 aromatic rings. The molecule has 1 saturated heterocycles. The van der Waals surface area contributed by atoms with Crippen molar-refractivity contribution in [2.75, 3.05) is 49.3 Å². The molecule has 27 heavy (non-hydrogen) atoms. The lowest BCUT2D eigenvalue weighted by Gasteiger charge is -2.28. The van der Waals surface area contributed by atoms with Crippen molar-refractivity contribution >= 4 is 23.5 Å². The van der Waals surface area contributed by atoms with E-state index < -0.39 is 0 Å². The highest BCUT2D eigenvalue weighted by Crippen LogP contribution is 2.27. The maximum Gasteiger partial charge on any atom is 0.267 e. The molecule has 6 heteroatoms. The fourth-order valence-electron chi connectivity index (χ4n) is 3.46. The van der Waals surface area contributed by atoms with E-state index in [1.807, 2.05) is 30.3 Å². The van der Waals surface area contributed by atoms with Gasteiger partial charge in [0.15, 0.2) is 6.61 Å².